The lowest BCUT2D eigenvalue weighted by Crippen LogP contribution is -2.49. The van der Waals surface area contributed by atoms with Crippen molar-refractivity contribution in [1.29, 1.82) is 0 Å². The summed E-state index contributed by atoms with van der Waals surface area (Å²) >= 11 is 0. The number of hydrogen-bond donors (Lipinski definition) is 1. The minimum absolute atomic E-state index is 0.195. The van der Waals surface area contributed by atoms with Crippen LogP contribution in [0.3, 0.4) is 0 Å². The highest BCUT2D eigenvalue weighted by atomic mass is 16.4. The fourth-order valence-electron chi connectivity index (χ4n) is 2.51. The van der Waals surface area contributed by atoms with Gasteiger partial charge in [0, 0.05) is 25.5 Å². The first-order chi connectivity index (χ1) is 9.09. The molecule has 0 bridgehead atoms. The highest BCUT2D eigenvalue weighted by molar-refractivity contribution is 5.94. The molecule has 102 valence electrons. The minimum Gasteiger partial charge on any atom is -0.481 e. The molecule has 1 aromatic heterocycles. The van der Waals surface area contributed by atoms with E-state index in [1.165, 1.54) is 18.7 Å². The van der Waals surface area contributed by atoms with Crippen molar-refractivity contribution in [2.75, 3.05) is 13.1 Å². The predicted octanol–water partition coefficient (Wildman–Crippen LogP) is 1.19. The summed E-state index contributed by atoms with van der Waals surface area (Å²) in [6, 6.07) is 0. The average Bonchev–Trinajstić information content (AvgIpc) is 2.47. The van der Waals surface area contributed by atoms with Gasteiger partial charge in [-0.15, -0.1) is 0 Å². The topological polar surface area (TPSA) is 83.4 Å². The normalized spacial score (nSPS) is 23.1. The molecule has 2 heterocycles. The van der Waals surface area contributed by atoms with Crippen LogP contribution in [0.15, 0.2) is 18.7 Å². The zero-order chi connectivity index (χ0) is 13.9. The van der Waals surface area contributed by atoms with Crippen LogP contribution in [0.2, 0.25) is 0 Å². The Hall–Kier alpha value is -1.98. The molecule has 1 N–H and O–H groups in total. The Kier molecular flexibility index (Phi) is 3.78. The van der Waals surface area contributed by atoms with Gasteiger partial charge in [0.25, 0.3) is 5.91 Å². The maximum absolute atomic E-state index is 12.3. The van der Waals surface area contributed by atoms with Crippen molar-refractivity contribution >= 4 is 11.9 Å². The molecular weight excluding hydrogens is 246 g/mol. The molecule has 0 aromatic carbocycles. The van der Waals surface area contributed by atoms with Crippen LogP contribution in [0.4, 0.5) is 0 Å². The molecular formula is C13H17N3O3. The maximum Gasteiger partial charge on any atom is 0.311 e. The molecule has 0 saturated carbocycles. The number of piperidine rings is 1. The minimum atomic E-state index is -0.822. The Balaban J connectivity index is 2.18. The van der Waals surface area contributed by atoms with Gasteiger partial charge >= 0.3 is 5.97 Å². The van der Waals surface area contributed by atoms with Crippen molar-refractivity contribution in [2.24, 2.45) is 5.41 Å². The number of hydrogen-bond acceptors (Lipinski definition) is 4. The number of aromatic nitrogens is 2. The standard InChI is InChI=1S/C13H17N3O3/c1-2-13(12(18)19)4-3-5-16(8-13)11(17)10-6-14-9-15-7-10/h6-7,9H,2-5,8H2,1H3,(H,18,19). The Morgan fingerprint density at radius 3 is 2.68 bits per heavy atom. The monoisotopic (exact) mass is 263 g/mol. The van der Waals surface area contributed by atoms with Crippen LogP contribution in [0, 0.1) is 5.41 Å². The number of nitrogens with zero attached hydrogens (tertiary/aromatic N) is 3. The maximum atomic E-state index is 12.3. The number of rotatable bonds is 3. The second-order valence-electron chi connectivity index (χ2n) is 4.90. The molecule has 0 aliphatic carbocycles. The number of carboxylic acids is 1. The van der Waals surface area contributed by atoms with Crippen molar-refractivity contribution in [1.82, 2.24) is 14.9 Å². The highest BCUT2D eigenvalue weighted by Gasteiger charge is 2.42. The van der Waals surface area contributed by atoms with Gasteiger partial charge in [-0.2, -0.15) is 0 Å². The van der Waals surface area contributed by atoms with Crippen molar-refractivity contribution in [3.05, 3.63) is 24.3 Å². The number of carbonyl (C=O) groups is 2. The summed E-state index contributed by atoms with van der Waals surface area (Å²) < 4.78 is 0. The molecule has 1 atom stereocenters. The van der Waals surface area contributed by atoms with Gasteiger partial charge in [0.15, 0.2) is 0 Å². The summed E-state index contributed by atoms with van der Waals surface area (Å²) in [7, 11) is 0. The van der Waals surface area contributed by atoms with Gasteiger partial charge in [0.2, 0.25) is 0 Å². The van der Waals surface area contributed by atoms with Crippen LogP contribution in [-0.4, -0.2) is 44.9 Å². The van der Waals surface area contributed by atoms with E-state index in [1.807, 2.05) is 6.92 Å². The summed E-state index contributed by atoms with van der Waals surface area (Å²) in [6.07, 6.45) is 6.13. The van der Waals surface area contributed by atoms with Crippen LogP contribution in [0.25, 0.3) is 0 Å². The highest BCUT2D eigenvalue weighted by Crippen LogP contribution is 2.34. The third kappa shape index (κ3) is 2.57. The van der Waals surface area contributed by atoms with Crippen molar-refractivity contribution in [3.8, 4) is 0 Å². The lowest BCUT2D eigenvalue weighted by atomic mass is 9.77. The van der Waals surface area contributed by atoms with E-state index in [1.54, 1.807) is 4.90 Å². The fourth-order valence-corrected chi connectivity index (χ4v) is 2.51. The van der Waals surface area contributed by atoms with E-state index in [0.29, 0.717) is 31.4 Å². The molecule has 1 aliphatic heterocycles. The van der Waals surface area contributed by atoms with E-state index < -0.39 is 11.4 Å². The number of carboxylic acid groups (broad SMARTS) is 1. The van der Waals surface area contributed by atoms with Crippen LogP contribution < -0.4 is 0 Å². The lowest BCUT2D eigenvalue weighted by Gasteiger charge is -2.39. The van der Waals surface area contributed by atoms with Crippen molar-refractivity contribution < 1.29 is 14.7 Å². The molecule has 1 amide bonds. The van der Waals surface area contributed by atoms with E-state index in [0.717, 1.165) is 0 Å². The van der Waals surface area contributed by atoms with E-state index in [-0.39, 0.29) is 12.5 Å². The number of carbonyl (C=O) groups excluding carboxylic acids is 1. The zero-order valence-electron chi connectivity index (χ0n) is 10.9. The molecule has 1 unspecified atom stereocenters. The molecule has 2 rings (SSSR count). The molecule has 1 aliphatic rings. The summed E-state index contributed by atoms with van der Waals surface area (Å²) in [5.74, 6) is -1.02. The SMILES string of the molecule is CCC1(C(=O)O)CCCN(C(=O)c2cncnc2)C1. The Labute approximate surface area is 111 Å². The van der Waals surface area contributed by atoms with Crippen molar-refractivity contribution in [3.63, 3.8) is 0 Å². The molecule has 1 saturated heterocycles. The Morgan fingerprint density at radius 2 is 2.11 bits per heavy atom. The smallest absolute Gasteiger partial charge is 0.311 e. The lowest BCUT2D eigenvalue weighted by molar-refractivity contribution is -0.152. The summed E-state index contributed by atoms with van der Waals surface area (Å²) in [6.45, 7) is 2.70. The molecule has 6 nitrogen and oxygen atoms in total. The molecule has 1 fully saturated rings. The third-order valence-corrected chi connectivity index (χ3v) is 3.80. The third-order valence-electron chi connectivity index (χ3n) is 3.80. The Bertz CT molecular complexity index is 477. The molecule has 6 heteroatoms. The van der Waals surface area contributed by atoms with Crippen LogP contribution in [0.5, 0.6) is 0 Å². The van der Waals surface area contributed by atoms with Crippen LogP contribution >= 0.6 is 0 Å². The first kappa shape index (κ1) is 13.5. The number of amides is 1. The van der Waals surface area contributed by atoms with Crippen LogP contribution in [0.1, 0.15) is 36.5 Å². The van der Waals surface area contributed by atoms with Crippen molar-refractivity contribution in [2.45, 2.75) is 26.2 Å². The Morgan fingerprint density at radius 1 is 1.42 bits per heavy atom. The van der Waals surface area contributed by atoms with Gasteiger partial charge in [0.05, 0.1) is 11.0 Å². The summed E-state index contributed by atoms with van der Waals surface area (Å²) in [5, 5.41) is 9.40. The fraction of sp³-hybridized carbons (Fsp3) is 0.538. The first-order valence-corrected chi connectivity index (χ1v) is 6.37. The van der Waals surface area contributed by atoms with E-state index in [2.05, 4.69) is 9.97 Å². The molecule has 19 heavy (non-hydrogen) atoms. The largest absolute Gasteiger partial charge is 0.481 e. The number of aliphatic carboxylic acids is 1. The molecule has 0 spiro atoms. The number of likely N-dealkylation sites (tertiary alicyclic amines) is 1. The average molecular weight is 263 g/mol. The van der Waals surface area contributed by atoms with Crippen LogP contribution in [-0.2, 0) is 4.79 Å². The summed E-state index contributed by atoms with van der Waals surface area (Å²) in [5.41, 5.74) is -0.413. The zero-order valence-corrected chi connectivity index (χ0v) is 10.9. The second-order valence-corrected chi connectivity index (χ2v) is 4.90. The van der Waals surface area contributed by atoms with Gasteiger partial charge in [-0.05, 0) is 19.3 Å². The van der Waals surface area contributed by atoms with E-state index in [4.69, 9.17) is 0 Å². The van der Waals surface area contributed by atoms with Gasteiger partial charge in [-0.3, -0.25) is 9.59 Å². The quantitative estimate of drug-likeness (QED) is 0.885. The first-order valence-electron chi connectivity index (χ1n) is 6.37. The van der Waals surface area contributed by atoms with Gasteiger partial charge in [-0.1, -0.05) is 6.92 Å². The summed E-state index contributed by atoms with van der Waals surface area (Å²) in [4.78, 5) is 33.0. The van der Waals surface area contributed by atoms with Gasteiger partial charge in [-0.25, -0.2) is 9.97 Å². The predicted molar refractivity (Wildman–Crippen MR) is 67.5 cm³/mol. The molecule has 0 radical (unpaired) electrons. The molecule has 1 aromatic rings. The van der Waals surface area contributed by atoms with Gasteiger partial charge < -0.3 is 10.0 Å². The van der Waals surface area contributed by atoms with E-state index in [9.17, 15) is 14.7 Å². The van der Waals surface area contributed by atoms with Gasteiger partial charge in [0.1, 0.15) is 6.33 Å². The second kappa shape index (κ2) is 5.34. The van der Waals surface area contributed by atoms with E-state index >= 15 is 0 Å².